The van der Waals surface area contributed by atoms with E-state index >= 15 is 0 Å². The fourth-order valence-electron chi connectivity index (χ4n) is 1.92. The van der Waals surface area contributed by atoms with Crippen LogP contribution in [0.3, 0.4) is 0 Å². The number of hydrogen-bond acceptors (Lipinski definition) is 1. The van der Waals surface area contributed by atoms with Crippen LogP contribution in [0.25, 0.3) is 0 Å². The monoisotopic (exact) mass is 128 g/mol. The number of aliphatic hydroxyl groups excluding tert-OH is 1. The number of rotatable bonds is 1. The van der Waals surface area contributed by atoms with Crippen molar-refractivity contribution in [2.75, 3.05) is 6.61 Å². The largest absolute Gasteiger partial charge is 0.396 e. The topological polar surface area (TPSA) is 20.2 Å². The van der Waals surface area contributed by atoms with Gasteiger partial charge in [-0.05, 0) is 23.7 Å². The summed E-state index contributed by atoms with van der Waals surface area (Å²) in [6.45, 7) is 7.10. The molecule has 0 aromatic rings. The van der Waals surface area contributed by atoms with E-state index in [-0.39, 0.29) is 0 Å². The van der Waals surface area contributed by atoms with Crippen LogP contribution in [0.4, 0.5) is 0 Å². The molecule has 1 rings (SSSR count). The fraction of sp³-hybridized carbons (Fsp3) is 1.00. The van der Waals surface area contributed by atoms with Crippen molar-refractivity contribution >= 4 is 0 Å². The van der Waals surface area contributed by atoms with Crippen molar-refractivity contribution in [3.05, 3.63) is 0 Å². The third kappa shape index (κ3) is 0.877. The van der Waals surface area contributed by atoms with Crippen LogP contribution in [0.1, 0.15) is 20.8 Å². The zero-order valence-corrected chi connectivity index (χ0v) is 6.46. The van der Waals surface area contributed by atoms with Crippen molar-refractivity contribution in [3.63, 3.8) is 0 Å². The van der Waals surface area contributed by atoms with Crippen LogP contribution in [-0.4, -0.2) is 11.7 Å². The summed E-state index contributed by atoms with van der Waals surface area (Å²) in [5.41, 5.74) is 0. The SMILES string of the molecule is CC1C(C)C(CO)C1C. The molecule has 1 aliphatic rings. The van der Waals surface area contributed by atoms with Gasteiger partial charge in [0.25, 0.3) is 0 Å². The summed E-state index contributed by atoms with van der Waals surface area (Å²) in [5.74, 6) is 2.89. The van der Waals surface area contributed by atoms with Crippen LogP contribution in [0, 0.1) is 23.7 Å². The molecule has 0 aromatic heterocycles. The molecule has 0 spiro atoms. The first-order valence-corrected chi connectivity index (χ1v) is 3.79. The lowest BCUT2D eigenvalue weighted by Gasteiger charge is -2.46. The maximum atomic E-state index is 8.84. The second kappa shape index (κ2) is 2.30. The molecule has 0 saturated heterocycles. The quantitative estimate of drug-likeness (QED) is 0.567. The van der Waals surface area contributed by atoms with Gasteiger partial charge < -0.3 is 5.11 Å². The van der Waals surface area contributed by atoms with Gasteiger partial charge in [0.05, 0.1) is 0 Å². The van der Waals surface area contributed by atoms with E-state index in [0.29, 0.717) is 12.5 Å². The Morgan fingerprint density at radius 3 is 1.67 bits per heavy atom. The van der Waals surface area contributed by atoms with E-state index in [0.717, 1.165) is 17.8 Å². The van der Waals surface area contributed by atoms with Crippen LogP contribution in [-0.2, 0) is 0 Å². The van der Waals surface area contributed by atoms with Gasteiger partial charge in [-0.3, -0.25) is 0 Å². The van der Waals surface area contributed by atoms with Crippen LogP contribution in [0.2, 0.25) is 0 Å². The van der Waals surface area contributed by atoms with E-state index in [1.54, 1.807) is 0 Å². The zero-order valence-electron chi connectivity index (χ0n) is 6.46. The van der Waals surface area contributed by atoms with Gasteiger partial charge in [-0.15, -0.1) is 0 Å². The summed E-state index contributed by atoms with van der Waals surface area (Å²) in [7, 11) is 0. The van der Waals surface area contributed by atoms with Crippen molar-refractivity contribution < 1.29 is 5.11 Å². The molecule has 1 aliphatic carbocycles. The van der Waals surface area contributed by atoms with E-state index in [9.17, 15) is 0 Å². The lowest BCUT2D eigenvalue weighted by molar-refractivity contribution is -0.0231. The second-order valence-corrected chi connectivity index (χ2v) is 3.42. The van der Waals surface area contributed by atoms with Gasteiger partial charge in [0.1, 0.15) is 0 Å². The molecule has 0 aliphatic heterocycles. The highest BCUT2D eigenvalue weighted by Gasteiger charge is 2.40. The molecule has 1 nitrogen and oxygen atoms in total. The Kier molecular flexibility index (Phi) is 1.80. The maximum absolute atomic E-state index is 8.84. The molecule has 1 heteroatoms. The van der Waals surface area contributed by atoms with Gasteiger partial charge in [-0.2, -0.15) is 0 Å². The third-order valence-corrected chi connectivity index (χ3v) is 3.22. The smallest absolute Gasteiger partial charge is 0.0464 e. The van der Waals surface area contributed by atoms with Gasteiger partial charge >= 0.3 is 0 Å². The van der Waals surface area contributed by atoms with Crippen molar-refractivity contribution in [2.24, 2.45) is 23.7 Å². The van der Waals surface area contributed by atoms with Crippen molar-refractivity contribution in [1.29, 1.82) is 0 Å². The molecule has 0 bridgehead atoms. The molecule has 0 heterocycles. The molecule has 2 atom stereocenters. The molecule has 1 saturated carbocycles. The molecule has 0 amide bonds. The third-order valence-electron chi connectivity index (χ3n) is 3.22. The fourth-order valence-corrected chi connectivity index (χ4v) is 1.92. The summed E-state index contributed by atoms with van der Waals surface area (Å²) in [4.78, 5) is 0. The minimum absolute atomic E-state index is 0.382. The van der Waals surface area contributed by atoms with Crippen LogP contribution < -0.4 is 0 Å². The van der Waals surface area contributed by atoms with Crippen molar-refractivity contribution in [2.45, 2.75) is 20.8 Å². The Labute approximate surface area is 57.1 Å². The van der Waals surface area contributed by atoms with E-state index in [4.69, 9.17) is 5.11 Å². The highest BCUT2D eigenvalue weighted by atomic mass is 16.3. The molecule has 2 unspecified atom stereocenters. The van der Waals surface area contributed by atoms with Gasteiger partial charge in [0.2, 0.25) is 0 Å². The van der Waals surface area contributed by atoms with E-state index in [2.05, 4.69) is 20.8 Å². The van der Waals surface area contributed by atoms with Crippen LogP contribution >= 0.6 is 0 Å². The standard InChI is InChI=1S/C8H16O/c1-5-6(2)8(4-9)7(5)3/h5-9H,4H2,1-3H3. The predicted molar refractivity (Wildman–Crippen MR) is 38.1 cm³/mol. The summed E-state index contributed by atoms with van der Waals surface area (Å²) in [6.07, 6.45) is 0. The van der Waals surface area contributed by atoms with Gasteiger partial charge in [-0.25, -0.2) is 0 Å². The minimum atomic E-state index is 0.382. The van der Waals surface area contributed by atoms with E-state index in [1.807, 2.05) is 0 Å². The average Bonchev–Trinajstić information content (AvgIpc) is 1.89. The zero-order chi connectivity index (χ0) is 7.02. The molecule has 0 aromatic carbocycles. The molecule has 0 radical (unpaired) electrons. The lowest BCUT2D eigenvalue weighted by Crippen LogP contribution is -2.43. The highest BCUT2D eigenvalue weighted by Crippen LogP contribution is 2.44. The van der Waals surface area contributed by atoms with Crippen molar-refractivity contribution in [3.8, 4) is 0 Å². The Bertz CT molecular complexity index is 90.7. The minimum Gasteiger partial charge on any atom is -0.396 e. The Hall–Kier alpha value is -0.0400. The second-order valence-electron chi connectivity index (χ2n) is 3.42. The average molecular weight is 128 g/mol. The summed E-state index contributed by atoms with van der Waals surface area (Å²) in [5, 5.41) is 8.84. The first-order valence-electron chi connectivity index (χ1n) is 3.79. The Morgan fingerprint density at radius 2 is 1.44 bits per heavy atom. The molecular weight excluding hydrogens is 112 g/mol. The van der Waals surface area contributed by atoms with Crippen molar-refractivity contribution in [1.82, 2.24) is 0 Å². The molecule has 54 valence electrons. The molecule has 1 fully saturated rings. The first kappa shape index (κ1) is 7.07. The maximum Gasteiger partial charge on any atom is 0.0464 e. The normalized spacial score (nSPS) is 50.7. The van der Waals surface area contributed by atoms with Crippen LogP contribution in [0.5, 0.6) is 0 Å². The van der Waals surface area contributed by atoms with Gasteiger partial charge in [0, 0.05) is 6.61 Å². The first-order chi connectivity index (χ1) is 4.18. The Morgan fingerprint density at radius 1 is 1.00 bits per heavy atom. The number of hydrogen-bond donors (Lipinski definition) is 1. The number of aliphatic hydroxyl groups is 1. The molecule has 9 heavy (non-hydrogen) atoms. The van der Waals surface area contributed by atoms with E-state index < -0.39 is 0 Å². The molecular formula is C8H16O. The highest BCUT2D eigenvalue weighted by molar-refractivity contribution is 4.89. The summed E-state index contributed by atoms with van der Waals surface area (Å²) < 4.78 is 0. The van der Waals surface area contributed by atoms with Gasteiger partial charge in [-0.1, -0.05) is 20.8 Å². The Balaban J connectivity index is 2.41. The summed E-state index contributed by atoms with van der Waals surface area (Å²) >= 11 is 0. The predicted octanol–water partition coefficient (Wildman–Crippen LogP) is 1.52. The summed E-state index contributed by atoms with van der Waals surface area (Å²) in [6, 6.07) is 0. The van der Waals surface area contributed by atoms with Gasteiger partial charge in [0.15, 0.2) is 0 Å². The molecule has 1 N–H and O–H groups in total. The van der Waals surface area contributed by atoms with E-state index in [1.165, 1.54) is 0 Å². The lowest BCUT2D eigenvalue weighted by atomic mass is 9.59. The van der Waals surface area contributed by atoms with Crippen LogP contribution in [0.15, 0.2) is 0 Å².